The van der Waals surface area contributed by atoms with Crippen LogP contribution in [0.2, 0.25) is 0 Å². The van der Waals surface area contributed by atoms with Crippen molar-refractivity contribution in [3.63, 3.8) is 0 Å². The minimum atomic E-state index is -0.349. The lowest BCUT2D eigenvalue weighted by Crippen LogP contribution is -2.43. The Morgan fingerprint density at radius 2 is 1.94 bits per heavy atom. The Balaban J connectivity index is 2.16. The molecule has 0 spiro atoms. The molecule has 0 aromatic heterocycles. The van der Waals surface area contributed by atoms with Gasteiger partial charge in [0, 0.05) is 40.3 Å². The molecule has 1 fully saturated rings. The number of amides is 1. The molecule has 0 bridgehead atoms. The first kappa shape index (κ1) is 12.7. The number of carbonyl (C=O) groups is 1. The topological polar surface area (TPSA) is 44.8 Å². The minimum Gasteiger partial charge on any atom is -0.408 e. The van der Waals surface area contributed by atoms with E-state index < -0.39 is 0 Å². The van der Waals surface area contributed by atoms with Crippen LogP contribution in [0.1, 0.15) is 0 Å². The van der Waals surface area contributed by atoms with Gasteiger partial charge in [0.25, 0.3) is 0 Å². The van der Waals surface area contributed by atoms with Crippen LogP contribution in [-0.2, 0) is 0 Å². The van der Waals surface area contributed by atoms with Gasteiger partial charge in [-0.1, -0.05) is 12.1 Å². The average Bonchev–Trinajstić information content (AvgIpc) is 2.40. The second-order valence-corrected chi connectivity index (χ2v) is 4.47. The van der Waals surface area contributed by atoms with Crippen molar-refractivity contribution < 1.29 is 9.53 Å². The molecule has 1 N–H and O–H groups in total. The van der Waals surface area contributed by atoms with Crippen LogP contribution in [0.15, 0.2) is 24.3 Å². The van der Waals surface area contributed by atoms with Crippen LogP contribution >= 0.6 is 0 Å². The highest BCUT2D eigenvalue weighted by Gasteiger charge is 2.17. The second kappa shape index (κ2) is 5.73. The summed E-state index contributed by atoms with van der Waals surface area (Å²) in [4.78, 5) is 15.3. The van der Waals surface area contributed by atoms with Crippen molar-refractivity contribution >= 4 is 11.8 Å². The van der Waals surface area contributed by atoms with Crippen LogP contribution in [0.4, 0.5) is 10.5 Å². The maximum atomic E-state index is 11.6. The zero-order chi connectivity index (χ0) is 13.0. The number of benzene rings is 1. The minimum absolute atomic E-state index is 0.349. The van der Waals surface area contributed by atoms with Crippen molar-refractivity contribution in [1.29, 1.82) is 0 Å². The molecule has 5 nitrogen and oxygen atoms in total. The smallest absolute Gasteiger partial charge is 0.408 e. The third-order valence-electron chi connectivity index (χ3n) is 2.89. The summed E-state index contributed by atoms with van der Waals surface area (Å²) in [5, 5.41) is 3.31. The molecule has 1 saturated heterocycles. The monoisotopic (exact) mass is 249 g/mol. The van der Waals surface area contributed by atoms with Crippen LogP contribution < -0.4 is 15.0 Å². The first-order valence-corrected chi connectivity index (χ1v) is 6.12. The van der Waals surface area contributed by atoms with E-state index in [0.717, 1.165) is 31.9 Å². The van der Waals surface area contributed by atoms with Crippen LogP contribution in [-0.4, -0.2) is 51.3 Å². The fourth-order valence-corrected chi connectivity index (χ4v) is 1.90. The summed E-state index contributed by atoms with van der Waals surface area (Å²) in [6.07, 6.45) is -0.349. The summed E-state index contributed by atoms with van der Waals surface area (Å²) in [6.45, 7) is 3.76. The summed E-state index contributed by atoms with van der Waals surface area (Å²) in [5.74, 6) is 0.623. The van der Waals surface area contributed by atoms with Crippen molar-refractivity contribution in [3.8, 4) is 5.75 Å². The lowest BCUT2D eigenvalue weighted by atomic mass is 10.2. The molecule has 18 heavy (non-hydrogen) atoms. The lowest BCUT2D eigenvalue weighted by Gasteiger charge is -2.30. The van der Waals surface area contributed by atoms with Crippen molar-refractivity contribution in [3.05, 3.63) is 24.3 Å². The summed E-state index contributed by atoms with van der Waals surface area (Å²) in [7, 11) is 3.35. The standard InChI is InChI=1S/C13H19N3O2/c1-15(2)13(17)18-12-6-4-3-5-11(12)16-9-7-14-8-10-16/h3-6,14H,7-10H2,1-2H3. The maximum Gasteiger partial charge on any atom is 0.414 e. The molecule has 0 saturated carbocycles. The molecule has 0 atom stereocenters. The predicted octanol–water partition coefficient (Wildman–Crippen LogP) is 1.16. The normalized spacial score (nSPS) is 15.3. The van der Waals surface area contributed by atoms with Gasteiger partial charge in [0.1, 0.15) is 0 Å². The number of piperazine rings is 1. The maximum absolute atomic E-state index is 11.6. The van der Waals surface area contributed by atoms with E-state index in [-0.39, 0.29) is 6.09 Å². The Morgan fingerprint density at radius 3 is 2.61 bits per heavy atom. The molecule has 1 aliphatic heterocycles. The molecule has 1 aromatic rings. The predicted molar refractivity (Wildman–Crippen MR) is 71.2 cm³/mol. The SMILES string of the molecule is CN(C)C(=O)Oc1ccccc1N1CCNCC1. The zero-order valence-corrected chi connectivity index (χ0v) is 10.8. The Morgan fingerprint density at radius 1 is 1.28 bits per heavy atom. The number of carbonyl (C=O) groups excluding carboxylic acids is 1. The van der Waals surface area contributed by atoms with Crippen LogP contribution in [0.3, 0.4) is 0 Å². The Labute approximate surface area is 107 Å². The molecule has 0 unspecified atom stereocenters. The molecule has 2 rings (SSSR count). The summed E-state index contributed by atoms with van der Waals surface area (Å²) < 4.78 is 5.39. The Kier molecular flexibility index (Phi) is 4.04. The third-order valence-corrected chi connectivity index (χ3v) is 2.89. The van der Waals surface area contributed by atoms with Crippen LogP contribution in [0.5, 0.6) is 5.75 Å². The number of para-hydroxylation sites is 2. The first-order chi connectivity index (χ1) is 8.68. The van der Waals surface area contributed by atoms with Crippen molar-refractivity contribution in [2.24, 2.45) is 0 Å². The molecule has 1 aliphatic rings. The average molecular weight is 249 g/mol. The van der Waals surface area contributed by atoms with Gasteiger partial charge in [-0.2, -0.15) is 0 Å². The van der Waals surface area contributed by atoms with Crippen molar-refractivity contribution in [1.82, 2.24) is 10.2 Å². The highest BCUT2D eigenvalue weighted by atomic mass is 16.6. The van der Waals surface area contributed by atoms with E-state index in [4.69, 9.17) is 4.74 Å². The Bertz CT molecular complexity index is 414. The second-order valence-electron chi connectivity index (χ2n) is 4.47. The van der Waals surface area contributed by atoms with E-state index >= 15 is 0 Å². The quantitative estimate of drug-likeness (QED) is 0.854. The molecular weight excluding hydrogens is 230 g/mol. The highest BCUT2D eigenvalue weighted by molar-refractivity contribution is 5.73. The largest absolute Gasteiger partial charge is 0.414 e. The summed E-state index contributed by atoms with van der Waals surface area (Å²) in [5.41, 5.74) is 0.981. The van der Waals surface area contributed by atoms with Gasteiger partial charge in [-0.05, 0) is 12.1 Å². The number of hydrogen-bond acceptors (Lipinski definition) is 4. The molecule has 98 valence electrons. The summed E-state index contributed by atoms with van der Waals surface area (Å²) in [6, 6.07) is 7.66. The van der Waals surface area contributed by atoms with Crippen LogP contribution in [0, 0.1) is 0 Å². The number of rotatable bonds is 2. The zero-order valence-electron chi connectivity index (χ0n) is 10.8. The third kappa shape index (κ3) is 2.92. The molecule has 1 heterocycles. The summed E-state index contributed by atoms with van der Waals surface area (Å²) >= 11 is 0. The van der Waals surface area contributed by atoms with Gasteiger partial charge in [0.15, 0.2) is 5.75 Å². The highest BCUT2D eigenvalue weighted by Crippen LogP contribution is 2.28. The molecular formula is C13H19N3O2. The number of nitrogens with zero attached hydrogens (tertiary/aromatic N) is 2. The van der Waals surface area contributed by atoms with Gasteiger partial charge < -0.3 is 19.9 Å². The number of nitrogens with one attached hydrogen (secondary N) is 1. The lowest BCUT2D eigenvalue weighted by molar-refractivity contribution is 0.172. The van der Waals surface area contributed by atoms with Gasteiger partial charge in [0.2, 0.25) is 0 Å². The molecule has 1 aromatic carbocycles. The molecule has 0 aliphatic carbocycles. The van der Waals surface area contributed by atoms with E-state index in [9.17, 15) is 4.79 Å². The van der Waals surface area contributed by atoms with E-state index in [1.165, 1.54) is 4.90 Å². The van der Waals surface area contributed by atoms with E-state index in [0.29, 0.717) is 5.75 Å². The van der Waals surface area contributed by atoms with Crippen molar-refractivity contribution in [2.45, 2.75) is 0 Å². The fraction of sp³-hybridized carbons (Fsp3) is 0.462. The number of hydrogen-bond donors (Lipinski definition) is 1. The van der Waals surface area contributed by atoms with Crippen LogP contribution in [0.25, 0.3) is 0 Å². The van der Waals surface area contributed by atoms with Gasteiger partial charge >= 0.3 is 6.09 Å². The van der Waals surface area contributed by atoms with E-state index in [1.54, 1.807) is 14.1 Å². The number of ether oxygens (including phenoxy) is 1. The van der Waals surface area contributed by atoms with E-state index in [1.807, 2.05) is 24.3 Å². The molecule has 1 amide bonds. The first-order valence-electron chi connectivity index (χ1n) is 6.12. The van der Waals surface area contributed by atoms with Crippen molar-refractivity contribution in [2.75, 3.05) is 45.2 Å². The Hall–Kier alpha value is -1.75. The molecule has 5 heteroatoms. The van der Waals surface area contributed by atoms with Gasteiger partial charge in [-0.15, -0.1) is 0 Å². The number of anilines is 1. The fourth-order valence-electron chi connectivity index (χ4n) is 1.90. The van der Waals surface area contributed by atoms with E-state index in [2.05, 4.69) is 10.2 Å². The van der Waals surface area contributed by atoms with Gasteiger partial charge in [-0.3, -0.25) is 0 Å². The molecule has 0 radical (unpaired) electrons. The van der Waals surface area contributed by atoms with Gasteiger partial charge in [-0.25, -0.2) is 4.79 Å². The van der Waals surface area contributed by atoms with Gasteiger partial charge in [0.05, 0.1) is 5.69 Å².